The number of aliphatic hydroxyl groups is 2. The first-order chi connectivity index (χ1) is 13.7. The maximum absolute atomic E-state index is 10.6. The molecule has 2 nitrogen and oxygen atoms in total. The molecule has 2 heteroatoms. The van der Waals surface area contributed by atoms with Crippen molar-refractivity contribution in [3.8, 4) is 0 Å². The van der Waals surface area contributed by atoms with E-state index in [1.807, 2.05) is 0 Å². The van der Waals surface area contributed by atoms with E-state index in [1.54, 1.807) is 0 Å². The molecule has 0 spiro atoms. The van der Waals surface area contributed by atoms with E-state index in [-0.39, 0.29) is 6.61 Å². The van der Waals surface area contributed by atoms with Crippen LogP contribution in [-0.4, -0.2) is 22.4 Å². The number of aliphatic hydroxyl groups excluding tert-OH is 1. The first-order valence-corrected chi connectivity index (χ1v) is 13.0. The molecule has 2 N–H and O–H groups in total. The minimum Gasteiger partial charge on any atom is -0.393 e. The van der Waals surface area contributed by atoms with Crippen LogP contribution in [-0.2, 0) is 0 Å². The summed E-state index contributed by atoms with van der Waals surface area (Å²) in [5.41, 5.74) is -0.819. The molecular weight excluding hydrogens is 344 g/mol. The van der Waals surface area contributed by atoms with Gasteiger partial charge in [0.2, 0.25) is 0 Å². The van der Waals surface area contributed by atoms with E-state index in [2.05, 4.69) is 13.8 Å². The maximum Gasteiger partial charge on any atom is 0.0877 e. The van der Waals surface area contributed by atoms with Crippen LogP contribution in [0.5, 0.6) is 0 Å². The Morgan fingerprint density at radius 2 is 0.679 bits per heavy atom. The number of hydrogen-bond acceptors (Lipinski definition) is 2. The lowest BCUT2D eigenvalue weighted by Gasteiger charge is -2.26. The quantitative estimate of drug-likeness (QED) is 0.170. The highest BCUT2D eigenvalue weighted by Crippen LogP contribution is 2.23. The number of hydrogen-bond donors (Lipinski definition) is 2. The van der Waals surface area contributed by atoms with Crippen LogP contribution in [0, 0.1) is 0 Å². The van der Waals surface area contributed by atoms with Gasteiger partial charge in [0.1, 0.15) is 0 Å². The Bertz CT molecular complexity index is 266. The fourth-order valence-corrected chi connectivity index (χ4v) is 4.17. The number of rotatable bonds is 23. The van der Waals surface area contributed by atoms with Gasteiger partial charge in [0.25, 0.3) is 0 Å². The van der Waals surface area contributed by atoms with Crippen LogP contribution < -0.4 is 0 Å². The summed E-state index contributed by atoms with van der Waals surface area (Å²) in [4.78, 5) is 0. The minimum atomic E-state index is -0.819. The van der Waals surface area contributed by atoms with Crippen LogP contribution >= 0.6 is 0 Å². The van der Waals surface area contributed by atoms with Gasteiger partial charge in [0.05, 0.1) is 12.2 Å². The van der Waals surface area contributed by atoms with Crippen molar-refractivity contribution in [2.24, 2.45) is 0 Å². The molecule has 0 bridgehead atoms. The topological polar surface area (TPSA) is 40.5 Å². The molecule has 0 unspecified atom stereocenters. The smallest absolute Gasteiger partial charge is 0.0877 e. The summed E-state index contributed by atoms with van der Waals surface area (Å²) in [6.07, 6.45) is 27.9. The third-order valence-electron chi connectivity index (χ3n) is 6.29. The zero-order valence-corrected chi connectivity index (χ0v) is 19.7. The second kappa shape index (κ2) is 21.6. The summed E-state index contributed by atoms with van der Waals surface area (Å²) in [7, 11) is 0. The lowest BCUT2D eigenvalue weighted by Crippen LogP contribution is -2.33. The van der Waals surface area contributed by atoms with Crippen molar-refractivity contribution in [3.05, 3.63) is 0 Å². The Balaban J connectivity index is 3.47. The van der Waals surface area contributed by atoms with Crippen LogP contribution in [0.1, 0.15) is 155 Å². The van der Waals surface area contributed by atoms with Gasteiger partial charge in [-0.05, 0) is 12.8 Å². The van der Waals surface area contributed by atoms with Crippen LogP contribution in [0.3, 0.4) is 0 Å². The minimum absolute atomic E-state index is 0.0676. The van der Waals surface area contributed by atoms with Gasteiger partial charge in [-0.15, -0.1) is 0 Å². The van der Waals surface area contributed by atoms with Gasteiger partial charge in [-0.3, -0.25) is 0 Å². The summed E-state index contributed by atoms with van der Waals surface area (Å²) >= 11 is 0. The molecule has 0 aliphatic rings. The van der Waals surface area contributed by atoms with E-state index in [0.29, 0.717) is 0 Å². The third-order valence-corrected chi connectivity index (χ3v) is 6.29. The molecule has 0 saturated carbocycles. The van der Waals surface area contributed by atoms with Gasteiger partial charge in [-0.25, -0.2) is 0 Å². The first kappa shape index (κ1) is 27.9. The van der Waals surface area contributed by atoms with Crippen molar-refractivity contribution < 1.29 is 10.2 Å². The molecule has 0 atom stereocenters. The molecule has 0 aromatic heterocycles. The highest BCUT2D eigenvalue weighted by atomic mass is 16.3. The van der Waals surface area contributed by atoms with Crippen molar-refractivity contribution >= 4 is 0 Å². The highest BCUT2D eigenvalue weighted by molar-refractivity contribution is 4.77. The molecule has 0 aliphatic heterocycles. The fourth-order valence-electron chi connectivity index (χ4n) is 4.17. The van der Waals surface area contributed by atoms with Crippen LogP contribution in [0.25, 0.3) is 0 Å². The molecule has 0 saturated heterocycles. The molecule has 0 aliphatic carbocycles. The Labute approximate surface area is 177 Å². The van der Waals surface area contributed by atoms with Gasteiger partial charge in [-0.1, -0.05) is 142 Å². The molecule has 0 aromatic carbocycles. The number of unbranched alkanes of at least 4 members (excludes halogenated alkanes) is 18. The van der Waals surface area contributed by atoms with Gasteiger partial charge in [-0.2, -0.15) is 0 Å². The molecule has 170 valence electrons. The zero-order chi connectivity index (χ0) is 20.8. The lowest BCUT2D eigenvalue weighted by molar-refractivity contribution is -0.0314. The summed E-state index contributed by atoms with van der Waals surface area (Å²) in [5, 5.41) is 20.2. The molecule has 0 heterocycles. The molecule has 0 amide bonds. The fraction of sp³-hybridized carbons (Fsp3) is 1.00. The zero-order valence-electron chi connectivity index (χ0n) is 19.7. The second-order valence-electron chi connectivity index (χ2n) is 9.25. The van der Waals surface area contributed by atoms with Gasteiger partial charge in [0, 0.05) is 0 Å². The lowest BCUT2D eigenvalue weighted by atomic mass is 9.90. The van der Waals surface area contributed by atoms with Crippen LogP contribution in [0.4, 0.5) is 0 Å². The van der Waals surface area contributed by atoms with Crippen molar-refractivity contribution in [2.75, 3.05) is 6.61 Å². The predicted octanol–water partition coefficient (Wildman–Crippen LogP) is 8.33. The Kier molecular flexibility index (Phi) is 21.6. The summed E-state index contributed by atoms with van der Waals surface area (Å²) in [5.74, 6) is 0. The highest BCUT2D eigenvalue weighted by Gasteiger charge is 2.24. The standard InChI is InChI=1S/C26H54O2/c1-3-5-7-9-11-13-15-17-19-21-23-26(28,25-27)24-22-20-18-16-14-12-10-8-6-4-2/h27-28H,3-25H2,1-2H3. The van der Waals surface area contributed by atoms with E-state index in [1.165, 1.54) is 116 Å². The average Bonchev–Trinajstić information content (AvgIpc) is 2.71. The molecule has 0 rings (SSSR count). The van der Waals surface area contributed by atoms with Crippen molar-refractivity contribution in [1.29, 1.82) is 0 Å². The SMILES string of the molecule is CCCCCCCCCCCCC(O)(CO)CCCCCCCCCCCC. The third kappa shape index (κ3) is 19.2. The Hall–Kier alpha value is -0.0800. The maximum atomic E-state index is 10.6. The average molecular weight is 399 g/mol. The van der Waals surface area contributed by atoms with Gasteiger partial charge < -0.3 is 10.2 Å². The van der Waals surface area contributed by atoms with Gasteiger partial charge >= 0.3 is 0 Å². The van der Waals surface area contributed by atoms with E-state index in [9.17, 15) is 10.2 Å². The molecule has 28 heavy (non-hydrogen) atoms. The molecule has 0 radical (unpaired) electrons. The first-order valence-electron chi connectivity index (χ1n) is 13.0. The van der Waals surface area contributed by atoms with Crippen molar-refractivity contribution in [1.82, 2.24) is 0 Å². The largest absolute Gasteiger partial charge is 0.393 e. The molecule has 0 aromatic rings. The Morgan fingerprint density at radius 3 is 0.929 bits per heavy atom. The van der Waals surface area contributed by atoms with Gasteiger partial charge in [0.15, 0.2) is 0 Å². The van der Waals surface area contributed by atoms with E-state index in [0.717, 1.165) is 25.7 Å². The van der Waals surface area contributed by atoms with Crippen LogP contribution in [0.15, 0.2) is 0 Å². The van der Waals surface area contributed by atoms with Crippen molar-refractivity contribution in [2.45, 2.75) is 161 Å². The van der Waals surface area contributed by atoms with E-state index in [4.69, 9.17) is 0 Å². The van der Waals surface area contributed by atoms with E-state index < -0.39 is 5.60 Å². The van der Waals surface area contributed by atoms with Crippen LogP contribution in [0.2, 0.25) is 0 Å². The summed E-state index contributed by atoms with van der Waals surface area (Å²) in [6.45, 7) is 4.47. The van der Waals surface area contributed by atoms with E-state index >= 15 is 0 Å². The summed E-state index contributed by atoms with van der Waals surface area (Å²) in [6, 6.07) is 0. The summed E-state index contributed by atoms with van der Waals surface area (Å²) < 4.78 is 0. The monoisotopic (exact) mass is 398 g/mol. The molecular formula is C26H54O2. The predicted molar refractivity (Wildman–Crippen MR) is 125 cm³/mol. The normalized spacial score (nSPS) is 12.0. The Morgan fingerprint density at radius 1 is 0.429 bits per heavy atom. The van der Waals surface area contributed by atoms with Crippen molar-refractivity contribution in [3.63, 3.8) is 0 Å². The second-order valence-corrected chi connectivity index (χ2v) is 9.25. The molecule has 0 fully saturated rings.